The molecule has 0 fully saturated rings. The lowest BCUT2D eigenvalue weighted by Crippen LogP contribution is -2.47. The Morgan fingerprint density at radius 2 is 1.56 bits per heavy atom. The van der Waals surface area contributed by atoms with Gasteiger partial charge in [0.2, 0.25) is 0 Å². The quantitative estimate of drug-likeness (QED) is 0.474. The van der Waals surface area contributed by atoms with Gasteiger partial charge in [0.25, 0.3) is 0 Å². The molecular weight excluding hydrogens is 212 g/mol. The van der Waals surface area contributed by atoms with Crippen LogP contribution in [0.4, 0.5) is 0 Å². The Hall–Kier alpha value is -0.490. The van der Waals surface area contributed by atoms with E-state index in [0.29, 0.717) is 0 Å². The van der Waals surface area contributed by atoms with Gasteiger partial charge < -0.3 is 20.4 Å². The van der Waals surface area contributed by atoms with Crippen LogP contribution >= 0.6 is 0 Å². The molecule has 4 atom stereocenters. The van der Waals surface area contributed by atoms with E-state index in [1.807, 2.05) is 13.8 Å². The van der Waals surface area contributed by atoms with Gasteiger partial charge in [0.1, 0.15) is 18.3 Å². The predicted molar refractivity (Wildman–Crippen MR) is 58.8 cm³/mol. The number of aliphatic hydroxyl groups is 4. The van der Waals surface area contributed by atoms with Crippen LogP contribution in [0, 0.1) is 5.92 Å². The number of ketones is 1. The van der Waals surface area contributed by atoms with Crippen LogP contribution in [-0.2, 0) is 4.79 Å². The lowest BCUT2D eigenvalue weighted by Gasteiger charge is -2.25. The predicted octanol–water partition coefficient (Wildman–Crippen LogP) is -0.545. The first-order valence-electron chi connectivity index (χ1n) is 5.56. The zero-order valence-corrected chi connectivity index (χ0v) is 10.00. The maximum absolute atomic E-state index is 11.4. The van der Waals surface area contributed by atoms with Gasteiger partial charge in [0.15, 0.2) is 5.78 Å². The first-order valence-corrected chi connectivity index (χ1v) is 5.56. The molecule has 0 amide bonds. The highest BCUT2D eigenvalue weighted by atomic mass is 16.4. The summed E-state index contributed by atoms with van der Waals surface area (Å²) in [6, 6.07) is 0. The van der Waals surface area contributed by atoms with E-state index < -0.39 is 30.2 Å². The number of hydrogen-bond donors (Lipinski definition) is 4. The molecule has 0 spiro atoms. The summed E-state index contributed by atoms with van der Waals surface area (Å²) in [5, 5.41) is 37.7. The minimum Gasteiger partial charge on any atom is -0.390 e. The van der Waals surface area contributed by atoms with Crippen LogP contribution in [0.2, 0.25) is 0 Å². The average molecular weight is 234 g/mol. The van der Waals surface area contributed by atoms with Crippen LogP contribution in [0.5, 0.6) is 0 Å². The molecule has 0 aromatic carbocycles. The fourth-order valence-electron chi connectivity index (χ4n) is 1.37. The first-order chi connectivity index (χ1) is 7.31. The zero-order chi connectivity index (χ0) is 12.9. The third-order valence-corrected chi connectivity index (χ3v) is 2.43. The SMILES string of the molecule is CCC(O)C(O)C(O)C(O)C(=O)CC(C)C. The van der Waals surface area contributed by atoms with Crippen molar-refractivity contribution in [1.82, 2.24) is 0 Å². The van der Waals surface area contributed by atoms with Crippen molar-refractivity contribution < 1.29 is 25.2 Å². The molecule has 4 unspecified atom stereocenters. The number of aliphatic hydroxyl groups excluding tert-OH is 4. The highest BCUT2D eigenvalue weighted by Gasteiger charge is 2.33. The average Bonchev–Trinajstić information content (AvgIpc) is 2.23. The van der Waals surface area contributed by atoms with Gasteiger partial charge in [-0.2, -0.15) is 0 Å². The molecule has 0 rings (SSSR count). The van der Waals surface area contributed by atoms with Crippen molar-refractivity contribution in [3.8, 4) is 0 Å². The molecule has 5 nitrogen and oxygen atoms in total. The molecule has 0 aliphatic rings. The molecule has 0 aromatic heterocycles. The normalized spacial score (nSPS) is 19.2. The second-order valence-electron chi connectivity index (χ2n) is 4.47. The lowest BCUT2D eigenvalue weighted by atomic mass is 9.95. The molecule has 0 saturated carbocycles. The summed E-state index contributed by atoms with van der Waals surface area (Å²) in [6.45, 7) is 5.26. The zero-order valence-electron chi connectivity index (χ0n) is 10.00. The second kappa shape index (κ2) is 6.96. The fourth-order valence-corrected chi connectivity index (χ4v) is 1.37. The van der Waals surface area contributed by atoms with Gasteiger partial charge >= 0.3 is 0 Å². The molecule has 4 N–H and O–H groups in total. The van der Waals surface area contributed by atoms with Crippen molar-refractivity contribution in [2.24, 2.45) is 5.92 Å². The number of carbonyl (C=O) groups excluding carboxylic acids is 1. The number of carbonyl (C=O) groups is 1. The summed E-state index contributed by atoms with van der Waals surface area (Å²) in [4.78, 5) is 11.4. The minimum absolute atomic E-state index is 0.0718. The monoisotopic (exact) mass is 234 g/mol. The molecule has 5 heteroatoms. The second-order valence-corrected chi connectivity index (χ2v) is 4.47. The van der Waals surface area contributed by atoms with Crippen LogP contribution < -0.4 is 0 Å². The summed E-state index contributed by atoms with van der Waals surface area (Å²) in [5.74, 6) is -0.451. The molecule has 0 saturated heterocycles. The highest BCUT2D eigenvalue weighted by Crippen LogP contribution is 2.11. The summed E-state index contributed by atoms with van der Waals surface area (Å²) in [7, 11) is 0. The summed E-state index contributed by atoms with van der Waals surface area (Å²) in [5.41, 5.74) is 0. The van der Waals surface area contributed by atoms with E-state index in [1.54, 1.807) is 6.92 Å². The standard InChI is InChI=1S/C11H22O5/c1-4-7(12)9(14)11(16)10(15)8(13)5-6(2)3/h6-7,9-12,14-16H,4-5H2,1-3H3. The van der Waals surface area contributed by atoms with Gasteiger partial charge in [-0.25, -0.2) is 0 Å². The van der Waals surface area contributed by atoms with E-state index in [4.69, 9.17) is 0 Å². The summed E-state index contributed by atoms with van der Waals surface area (Å²) >= 11 is 0. The Kier molecular flexibility index (Phi) is 6.74. The Morgan fingerprint density at radius 3 is 1.94 bits per heavy atom. The van der Waals surface area contributed by atoms with E-state index in [2.05, 4.69) is 0 Å². The largest absolute Gasteiger partial charge is 0.390 e. The molecule has 0 aliphatic carbocycles. The third kappa shape index (κ3) is 4.57. The Morgan fingerprint density at radius 1 is 1.06 bits per heavy atom. The van der Waals surface area contributed by atoms with Crippen molar-refractivity contribution >= 4 is 5.78 Å². The molecule has 16 heavy (non-hydrogen) atoms. The molecule has 0 aliphatic heterocycles. The third-order valence-electron chi connectivity index (χ3n) is 2.43. The van der Waals surface area contributed by atoms with Gasteiger partial charge in [0, 0.05) is 6.42 Å². The van der Waals surface area contributed by atoms with E-state index >= 15 is 0 Å². The van der Waals surface area contributed by atoms with Gasteiger partial charge in [-0.3, -0.25) is 4.79 Å². The Balaban J connectivity index is 4.36. The fraction of sp³-hybridized carbons (Fsp3) is 0.909. The summed E-state index contributed by atoms with van der Waals surface area (Å²) < 4.78 is 0. The molecular formula is C11H22O5. The smallest absolute Gasteiger partial charge is 0.164 e. The Bertz CT molecular complexity index is 216. The maximum Gasteiger partial charge on any atom is 0.164 e. The van der Waals surface area contributed by atoms with Crippen LogP contribution in [0.25, 0.3) is 0 Å². The van der Waals surface area contributed by atoms with Gasteiger partial charge in [0.05, 0.1) is 6.10 Å². The van der Waals surface area contributed by atoms with E-state index in [0.717, 1.165) is 0 Å². The van der Waals surface area contributed by atoms with Crippen molar-refractivity contribution in [3.05, 3.63) is 0 Å². The molecule has 0 heterocycles. The first kappa shape index (κ1) is 15.5. The van der Waals surface area contributed by atoms with Crippen LogP contribution in [-0.4, -0.2) is 50.6 Å². The van der Waals surface area contributed by atoms with Crippen molar-refractivity contribution in [3.63, 3.8) is 0 Å². The molecule has 0 aromatic rings. The van der Waals surface area contributed by atoms with E-state index in [9.17, 15) is 25.2 Å². The van der Waals surface area contributed by atoms with E-state index in [1.165, 1.54) is 0 Å². The number of Topliss-reactive ketones (excluding diaryl/α,β-unsaturated/α-hetero) is 1. The van der Waals surface area contributed by atoms with E-state index in [-0.39, 0.29) is 18.8 Å². The summed E-state index contributed by atoms with van der Waals surface area (Å²) in [6.07, 6.45) is -5.55. The molecule has 0 bridgehead atoms. The van der Waals surface area contributed by atoms with Crippen LogP contribution in [0.15, 0.2) is 0 Å². The lowest BCUT2D eigenvalue weighted by molar-refractivity contribution is -0.145. The van der Waals surface area contributed by atoms with Crippen LogP contribution in [0.3, 0.4) is 0 Å². The maximum atomic E-state index is 11.4. The highest BCUT2D eigenvalue weighted by molar-refractivity contribution is 5.83. The molecule has 96 valence electrons. The molecule has 0 radical (unpaired) electrons. The number of hydrogen-bond acceptors (Lipinski definition) is 5. The number of rotatable bonds is 7. The van der Waals surface area contributed by atoms with Gasteiger partial charge in [-0.1, -0.05) is 20.8 Å². The Labute approximate surface area is 95.7 Å². The van der Waals surface area contributed by atoms with Crippen molar-refractivity contribution in [2.45, 2.75) is 58.0 Å². The van der Waals surface area contributed by atoms with Gasteiger partial charge in [-0.15, -0.1) is 0 Å². The topological polar surface area (TPSA) is 98.0 Å². The van der Waals surface area contributed by atoms with Crippen molar-refractivity contribution in [2.75, 3.05) is 0 Å². The van der Waals surface area contributed by atoms with Gasteiger partial charge in [-0.05, 0) is 12.3 Å². The minimum atomic E-state index is -1.64. The van der Waals surface area contributed by atoms with Crippen molar-refractivity contribution in [1.29, 1.82) is 0 Å². The van der Waals surface area contributed by atoms with Crippen LogP contribution in [0.1, 0.15) is 33.6 Å².